The van der Waals surface area contributed by atoms with Crippen LogP contribution in [0, 0.1) is 0 Å². The molecule has 0 aromatic rings. The third kappa shape index (κ3) is 22.9. The highest BCUT2D eigenvalue weighted by Gasteiger charge is 2.34. The summed E-state index contributed by atoms with van der Waals surface area (Å²) in [7, 11) is -3.19. The fourth-order valence-electron chi connectivity index (χ4n) is 3.67. The molecule has 0 spiro atoms. The molecular formula is C24H53O3P2+. The van der Waals surface area contributed by atoms with Gasteiger partial charge in [0.15, 0.2) is 0 Å². The van der Waals surface area contributed by atoms with Crippen LogP contribution >= 0.6 is 15.5 Å². The molecule has 0 aliphatic carbocycles. The monoisotopic (exact) mass is 451 g/mol. The van der Waals surface area contributed by atoms with Crippen molar-refractivity contribution in [1.29, 1.82) is 0 Å². The van der Waals surface area contributed by atoms with Gasteiger partial charge in [-0.15, -0.1) is 4.52 Å². The van der Waals surface area contributed by atoms with E-state index in [-0.39, 0.29) is 0 Å². The van der Waals surface area contributed by atoms with E-state index in [0.717, 1.165) is 12.8 Å². The molecule has 0 aromatic carbocycles. The molecule has 1 atom stereocenters. The van der Waals surface area contributed by atoms with Crippen molar-refractivity contribution in [2.75, 3.05) is 31.3 Å². The van der Waals surface area contributed by atoms with Crippen LogP contribution in [0.25, 0.3) is 0 Å². The summed E-state index contributed by atoms with van der Waals surface area (Å²) in [6, 6.07) is 0. The van der Waals surface area contributed by atoms with Gasteiger partial charge in [-0.05, 0) is 36.7 Å². The lowest BCUT2D eigenvalue weighted by Crippen LogP contribution is -2.12. The molecule has 0 aliphatic rings. The molecule has 0 bridgehead atoms. The highest BCUT2D eigenvalue weighted by Crippen LogP contribution is 2.61. The van der Waals surface area contributed by atoms with Crippen LogP contribution in [0.15, 0.2) is 0 Å². The minimum Gasteiger partial charge on any atom is -0.566 e. The van der Waals surface area contributed by atoms with E-state index in [2.05, 4.69) is 39.1 Å². The fraction of sp³-hybridized carbons (Fsp3) is 1.00. The van der Waals surface area contributed by atoms with Crippen LogP contribution in [0.3, 0.4) is 0 Å². The van der Waals surface area contributed by atoms with Crippen LogP contribution in [0.2, 0.25) is 0 Å². The van der Waals surface area contributed by atoms with Gasteiger partial charge in [-0.2, -0.15) is 0 Å². The van der Waals surface area contributed by atoms with Gasteiger partial charge in [-0.3, -0.25) is 0 Å². The average Bonchev–Trinajstić information content (AvgIpc) is 2.72. The Labute approximate surface area is 185 Å². The lowest BCUT2D eigenvalue weighted by Gasteiger charge is -2.28. The Morgan fingerprint density at radius 3 is 1.28 bits per heavy atom. The Hall–Kier alpha value is 0.450. The second-order valence-electron chi connectivity index (χ2n) is 8.47. The molecule has 0 N–H and O–H groups in total. The van der Waals surface area contributed by atoms with Crippen molar-refractivity contribution in [2.24, 2.45) is 0 Å². The van der Waals surface area contributed by atoms with Gasteiger partial charge in [0.1, 0.15) is 6.61 Å². The minimum absolute atomic E-state index is 0.352. The van der Waals surface area contributed by atoms with Crippen molar-refractivity contribution < 1.29 is 14.0 Å². The zero-order valence-electron chi connectivity index (χ0n) is 20.6. The zero-order valence-corrected chi connectivity index (χ0v) is 22.3. The van der Waals surface area contributed by atoms with E-state index in [0.29, 0.717) is 6.61 Å². The van der Waals surface area contributed by atoms with Gasteiger partial charge in [-0.25, -0.2) is 0 Å². The van der Waals surface area contributed by atoms with Crippen molar-refractivity contribution in [2.45, 2.75) is 125 Å². The average molecular weight is 452 g/mol. The molecule has 0 aromatic heterocycles. The molecular weight excluding hydrogens is 398 g/mol. The normalized spacial score (nSPS) is 11.9. The predicted molar refractivity (Wildman–Crippen MR) is 133 cm³/mol. The minimum atomic E-state index is -2.63. The van der Waals surface area contributed by atoms with E-state index >= 15 is 0 Å². The molecule has 0 fully saturated rings. The first-order valence-electron chi connectivity index (χ1n) is 12.6. The molecule has 176 valence electrons. The number of rotatable bonds is 20. The van der Waals surface area contributed by atoms with Gasteiger partial charge in [0.2, 0.25) is 0 Å². The van der Waals surface area contributed by atoms with Crippen molar-refractivity contribution in [3.63, 3.8) is 0 Å². The molecule has 5 heteroatoms. The third-order valence-electron chi connectivity index (χ3n) is 5.64. The highest BCUT2D eigenvalue weighted by molar-refractivity contribution is 7.75. The first-order chi connectivity index (χ1) is 14.0. The van der Waals surface area contributed by atoms with Crippen molar-refractivity contribution in [3.8, 4) is 0 Å². The van der Waals surface area contributed by atoms with Gasteiger partial charge in [0.25, 0.3) is 0 Å². The maximum atomic E-state index is 9.95. The Morgan fingerprint density at radius 2 is 0.931 bits per heavy atom. The topological polar surface area (TPSA) is 49.4 Å². The molecule has 0 saturated heterocycles. The van der Waals surface area contributed by atoms with Gasteiger partial charge in [0.05, 0.1) is 24.6 Å². The summed E-state index contributed by atoms with van der Waals surface area (Å²) < 4.78 is 14.4. The summed E-state index contributed by atoms with van der Waals surface area (Å²) in [6.45, 7) is 11.9. The summed E-state index contributed by atoms with van der Waals surface area (Å²) in [6.07, 6.45) is 24.8. The summed E-state index contributed by atoms with van der Waals surface area (Å²) in [5.74, 6) is 0. The number of hydrogen-bond acceptors (Lipinski definition) is 3. The SMILES string of the molecule is CCCCCCCCO[P+](=O)[O-].CCCC[P+](CCCC)(CCCC)CCCC. The van der Waals surface area contributed by atoms with Crippen LogP contribution in [0.5, 0.6) is 0 Å². The first-order valence-corrected chi connectivity index (χ1v) is 16.3. The fourth-order valence-corrected chi connectivity index (χ4v) is 9.23. The largest absolute Gasteiger partial charge is 0.566 e. The third-order valence-corrected chi connectivity index (χ3v) is 11.1. The maximum absolute atomic E-state index is 9.95. The van der Waals surface area contributed by atoms with Crippen LogP contribution in [-0.4, -0.2) is 31.3 Å². The Morgan fingerprint density at radius 1 is 0.586 bits per heavy atom. The number of hydrogen-bond donors (Lipinski definition) is 0. The summed E-state index contributed by atoms with van der Waals surface area (Å²) in [5.41, 5.74) is 0. The molecule has 0 aliphatic heterocycles. The Kier molecular flexibility index (Phi) is 27.0. The first kappa shape index (κ1) is 31.6. The molecule has 3 nitrogen and oxygen atoms in total. The number of unbranched alkanes of at least 4 members (excludes halogenated alkanes) is 9. The molecule has 0 rings (SSSR count). The molecule has 0 heterocycles. The standard InChI is InChI=1S/C16H36P.C8H17O3P/c1-5-9-13-17(14-10-6-2,15-11-7-3)16-12-8-4;1-2-3-4-5-6-7-8-11-12(9)10/h5-16H2,1-4H3;2-8H2,1H3/q+1;. The van der Waals surface area contributed by atoms with E-state index in [4.69, 9.17) is 0 Å². The van der Waals surface area contributed by atoms with Crippen molar-refractivity contribution in [1.82, 2.24) is 0 Å². The lowest BCUT2D eigenvalue weighted by molar-refractivity contribution is -0.185. The van der Waals surface area contributed by atoms with Gasteiger partial charge in [0, 0.05) is 7.26 Å². The lowest BCUT2D eigenvalue weighted by atomic mass is 10.1. The predicted octanol–water partition coefficient (Wildman–Crippen LogP) is 8.59. The Balaban J connectivity index is 0. The van der Waals surface area contributed by atoms with Crippen molar-refractivity contribution in [3.05, 3.63) is 0 Å². The molecule has 0 amide bonds. The van der Waals surface area contributed by atoms with Crippen LogP contribution in [-0.2, 0) is 9.09 Å². The van der Waals surface area contributed by atoms with E-state index in [1.165, 1.54) is 77.0 Å². The second-order valence-corrected chi connectivity index (χ2v) is 13.7. The van der Waals surface area contributed by atoms with E-state index in [9.17, 15) is 9.46 Å². The zero-order chi connectivity index (χ0) is 22.2. The van der Waals surface area contributed by atoms with Crippen molar-refractivity contribution >= 4 is 15.5 Å². The summed E-state index contributed by atoms with van der Waals surface area (Å²) in [4.78, 5) is 9.95. The maximum Gasteiger partial charge on any atom is 0.488 e. The molecule has 0 radical (unpaired) electrons. The Bertz CT molecular complexity index is 301. The highest BCUT2D eigenvalue weighted by atomic mass is 31.2. The summed E-state index contributed by atoms with van der Waals surface area (Å²) >= 11 is 0. The quantitative estimate of drug-likeness (QED) is 0.137. The second kappa shape index (κ2) is 24.7. The summed E-state index contributed by atoms with van der Waals surface area (Å²) in [5, 5.41) is 0. The van der Waals surface area contributed by atoms with Crippen LogP contribution in [0.1, 0.15) is 125 Å². The van der Waals surface area contributed by atoms with Gasteiger partial charge < -0.3 is 4.89 Å². The van der Waals surface area contributed by atoms with Gasteiger partial charge in [-0.1, -0.05) is 92.4 Å². The van der Waals surface area contributed by atoms with Gasteiger partial charge >= 0.3 is 8.25 Å². The molecule has 0 saturated carbocycles. The van der Waals surface area contributed by atoms with E-state index in [1.54, 1.807) is 24.6 Å². The van der Waals surface area contributed by atoms with E-state index in [1.807, 2.05) is 0 Å². The van der Waals surface area contributed by atoms with Crippen LogP contribution in [0.4, 0.5) is 0 Å². The smallest absolute Gasteiger partial charge is 0.488 e. The molecule has 29 heavy (non-hydrogen) atoms. The van der Waals surface area contributed by atoms with E-state index < -0.39 is 15.5 Å². The molecule has 1 unspecified atom stereocenters. The van der Waals surface area contributed by atoms with Crippen LogP contribution < -0.4 is 4.89 Å².